The first-order chi connectivity index (χ1) is 12.6. The van der Waals surface area contributed by atoms with E-state index in [-0.39, 0.29) is 30.1 Å². The van der Waals surface area contributed by atoms with Gasteiger partial charge in [0.05, 0.1) is 12.9 Å². The normalized spacial score (nSPS) is 16.7. The van der Waals surface area contributed by atoms with Crippen molar-refractivity contribution in [2.45, 2.75) is 24.0 Å². The maximum Gasteiger partial charge on any atom is 0.321 e. The van der Waals surface area contributed by atoms with Crippen LogP contribution in [0.1, 0.15) is 12.2 Å². The van der Waals surface area contributed by atoms with Crippen LogP contribution < -0.4 is 10.6 Å². The number of esters is 1. The summed E-state index contributed by atoms with van der Waals surface area (Å²) in [6.07, 6.45) is 0.498. The SMILES string of the molecule is COC(=O)CSc1nnc(CC2CC(=O)NC(=O)N2)n1-c1ccccc1. The summed E-state index contributed by atoms with van der Waals surface area (Å²) in [5.41, 5.74) is 0.825. The molecular weight excluding hydrogens is 358 g/mol. The predicted octanol–water partition coefficient (Wildman–Crippen LogP) is 0.673. The summed E-state index contributed by atoms with van der Waals surface area (Å²) in [6.45, 7) is 0. The highest BCUT2D eigenvalue weighted by Gasteiger charge is 2.26. The van der Waals surface area contributed by atoms with Gasteiger partial charge in [-0.25, -0.2) is 4.79 Å². The third-order valence-corrected chi connectivity index (χ3v) is 4.61. The Bertz CT molecular complexity index is 807. The van der Waals surface area contributed by atoms with Crippen molar-refractivity contribution in [2.24, 2.45) is 0 Å². The van der Waals surface area contributed by atoms with E-state index < -0.39 is 6.03 Å². The summed E-state index contributed by atoms with van der Waals surface area (Å²) in [5.74, 6) is -0.00640. The van der Waals surface area contributed by atoms with Gasteiger partial charge in [0.15, 0.2) is 5.16 Å². The zero-order valence-corrected chi connectivity index (χ0v) is 14.8. The number of amides is 3. The topological polar surface area (TPSA) is 115 Å². The molecule has 1 aromatic carbocycles. The second-order valence-electron chi connectivity index (χ2n) is 5.56. The number of hydrogen-bond donors (Lipinski definition) is 2. The molecule has 26 heavy (non-hydrogen) atoms. The third kappa shape index (κ3) is 4.20. The first-order valence-electron chi connectivity index (χ1n) is 7.86. The highest BCUT2D eigenvalue weighted by atomic mass is 32.2. The van der Waals surface area contributed by atoms with Gasteiger partial charge in [0.1, 0.15) is 5.82 Å². The van der Waals surface area contributed by atoms with Crippen LogP contribution in [0.4, 0.5) is 4.79 Å². The molecule has 1 atom stereocenters. The van der Waals surface area contributed by atoms with Crippen molar-refractivity contribution in [3.63, 3.8) is 0 Å². The van der Waals surface area contributed by atoms with Crippen molar-refractivity contribution in [1.29, 1.82) is 0 Å². The molecule has 1 saturated heterocycles. The second-order valence-corrected chi connectivity index (χ2v) is 6.50. The molecule has 0 saturated carbocycles. The summed E-state index contributed by atoms with van der Waals surface area (Å²) >= 11 is 1.21. The number of thioether (sulfide) groups is 1. The van der Waals surface area contributed by atoms with Crippen LogP contribution in [0, 0.1) is 0 Å². The van der Waals surface area contributed by atoms with Crippen molar-refractivity contribution in [3.8, 4) is 5.69 Å². The molecule has 9 nitrogen and oxygen atoms in total. The highest BCUT2D eigenvalue weighted by molar-refractivity contribution is 7.99. The van der Waals surface area contributed by atoms with Gasteiger partial charge in [0.2, 0.25) is 5.91 Å². The number of methoxy groups -OCH3 is 1. The molecule has 0 bridgehead atoms. The molecule has 1 aromatic heterocycles. The Hall–Kier alpha value is -2.88. The minimum Gasteiger partial charge on any atom is -0.468 e. The number of benzene rings is 1. The van der Waals surface area contributed by atoms with Gasteiger partial charge in [-0.2, -0.15) is 0 Å². The number of carbonyl (C=O) groups is 3. The lowest BCUT2D eigenvalue weighted by atomic mass is 10.1. The van der Waals surface area contributed by atoms with Crippen LogP contribution in [0.25, 0.3) is 5.69 Å². The number of aromatic nitrogens is 3. The van der Waals surface area contributed by atoms with Crippen molar-refractivity contribution in [3.05, 3.63) is 36.2 Å². The molecule has 3 rings (SSSR count). The van der Waals surface area contributed by atoms with Gasteiger partial charge in [-0.1, -0.05) is 30.0 Å². The van der Waals surface area contributed by atoms with Gasteiger partial charge in [-0.05, 0) is 12.1 Å². The molecule has 1 aliphatic rings. The lowest BCUT2D eigenvalue weighted by Gasteiger charge is -2.23. The van der Waals surface area contributed by atoms with Crippen molar-refractivity contribution in [2.75, 3.05) is 12.9 Å². The molecule has 0 radical (unpaired) electrons. The van der Waals surface area contributed by atoms with E-state index in [1.54, 1.807) is 0 Å². The maximum absolute atomic E-state index is 11.6. The lowest BCUT2D eigenvalue weighted by Crippen LogP contribution is -2.53. The van der Waals surface area contributed by atoms with Gasteiger partial charge < -0.3 is 10.1 Å². The van der Waals surface area contributed by atoms with Crippen LogP contribution in [0.2, 0.25) is 0 Å². The Morgan fingerprint density at radius 1 is 1.31 bits per heavy atom. The summed E-state index contributed by atoms with van der Waals surface area (Å²) in [7, 11) is 1.33. The van der Waals surface area contributed by atoms with Gasteiger partial charge in [0.25, 0.3) is 0 Å². The first-order valence-corrected chi connectivity index (χ1v) is 8.85. The first kappa shape index (κ1) is 17.9. The van der Waals surface area contributed by atoms with E-state index in [1.165, 1.54) is 18.9 Å². The van der Waals surface area contributed by atoms with Crippen LogP contribution in [-0.4, -0.2) is 51.6 Å². The molecule has 3 amide bonds. The van der Waals surface area contributed by atoms with Gasteiger partial charge in [-0.15, -0.1) is 10.2 Å². The van der Waals surface area contributed by atoms with E-state index in [1.807, 2.05) is 34.9 Å². The molecule has 2 N–H and O–H groups in total. The second kappa shape index (κ2) is 8.00. The van der Waals surface area contributed by atoms with Crippen LogP contribution >= 0.6 is 11.8 Å². The number of rotatable bonds is 6. The summed E-state index contributed by atoms with van der Waals surface area (Å²) in [5, 5.41) is 13.8. The number of carbonyl (C=O) groups excluding carboxylic acids is 3. The molecule has 0 aliphatic carbocycles. The Morgan fingerprint density at radius 2 is 2.08 bits per heavy atom. The number of imide groups is 1. The maximum atomic E-state index is 11.6. The van der Waals surface area contributed by atoms with Crippen molar-refractivity contribution >= 4 is 29.7 Å². The van der Waals surface area contributed by atoms with E-state index in [4.69, 9.17) is 0 Å². The zero-order chi connectivity index (χ0) is 18.5. The predicted molar refractivity (Wildman–Crippen MR) is 92.9 cm³/mol. The summed E-state index contributed by atoms with van der Waals surface area (Å²) < 4.78 is 6.47. The number of nitrogens with zero attached hydrogens (tertiary/aromatic N) is 3. The van der Waals surface area contributed by atoms with Crippen LogP contribution in [0.5, 0.6) is 0 Å². The van der Waals surface area contributed by atoms with Gasteiger partial charge in [0, 0.05) is 24.6 Å². The monoisotopic (exact) mass is 375 g/mol. The molecule has 0 spiro atoms. The molecule has 136 valence electrons. The van der Waals surface area contributed by atoms with E-state index in [0.29, 0.717) is 17.4 Å². The molecular formula is C16H17N5O4S. The van der Waals surface area contributed by atoms with Crippen LogP contribution in [-0.2, 0) is 20.7 Å². The average molecular weight is 375 g/mol. The van der Waals surface area contributed by atoms with Crippen LogP contribution in [0.3, 0.4) is 0 Å². The zero-order valence-electron chi connectivity index (χ0n) is 14.0. The largest absolute Gasteiger partial charge is 0.468 e. The van der Waals surface area contributed by atoms with Crippen molar-refractivity contribution < 1.29 is 19.1 Å². The van der Waals surface area contributed by atoms with E-state index in [9.17, 15) is 14.4 Å². The van der Waals surface area contributed by atoms with Crippen LogP contribution in [0.15, 0.2) is 35.5 Å². The fourth-order valence-electron chi connectivity index (χ4n) is 2.56. The number of urea groups is 1. The summed E-state index contributed by atoms with van der Waals surface area (Å²) in [4.78, 5) is 34.5. The average Bonchev–Trinajstić information content (AvgIpc) is 3.02. The Balaban J connectivity index is 1.87. The molecule has 1 aliphatic heterocycles. The molecule has 2 aromatic rings. The van der Waals surface area contributed by atoms with E-state index in [0.717, 1.165) is 5.69 Å². The summed E-state index contributed by atoms with van der Waals surface area (Å²) in [6, 6.07) is 8.54. The molecule has 1 fully saturated rings. The molecule has 2 heterocycles. The number of para-hydroxylation sites is 1. The fraction of sp³-hybridized carbons (Fsp3) is 0.312. The third-order valence-electron chi connectivity index (χ3n) is 3.71. The van der Waals surface area contributed by atoms with Crippen molar-refractivity contribution in [1.82, 2.24) is 25.4 Å². The number of nitrogens with one attached hydrogen (secondary N) is 2. The number of hydrogen-bond acceptors (Lipinski definition) is 7. The standard InChI is InChI=1S/C16H17N5O4S/c1-25-14(23)9-26-16-20-19-12(21(16)11-5-3-2-4-6-11)7-10-8-13(22)18-15(24)17-10/h2-6,10H,7-9H2,1H3,(H2,17,18,22,24). The smallest absolute Gasteiger partial charge is 0.321 e. The number of ether oxygens (including phenoxy) is 1. The fourth-order valence-corrected chi connectivity index (χ4v) is 3.37. The Morgan fingerprint density at radius 3 is 2.77 bits per heavy atom. The van der Waals surface area contributed by atoms with Gasteiger partial charge >= 0.3 is 12.0 Å². The van der Waals surface area contributed by atoms with Gasteiger partial charge in [-0.3, -0.25) is 19.5 Å². The Kier molecular flexibility index (Phi) is 5.52. The highest BCUT2D eigenvalue weighted by Crippen LogP contribution is 2.23. The van der Waals surface area contributed by atoms with E-state index in [2.05, 4.69) is 25.6 Å². The minimum absolute atomic E-state index is 0.101. The quantitative estimate of drug-likeness (QED) is 0.563. The Labute approximate surface area is 153 Å². The van der Waals surface area contributed by atoms with E-state index >= 15 is 0 Å². The molecule has 1 unspecified atom stereocenters. The lowest BCUT2D eigenvalue weighted by molar-refractivity contribution is -0.137. The molecule has 10 heteroatoms. The minimum atomic E-state index is -0.516.